The van der Waals surface area contributed by atoms with Crippen molar-refractivity contribution in [2.75, 3.05) is 6.26 Å². The summed E-state index contributed by atoms with van der Waals surface area (Å²) in [5, 5.41) is 0. The molecule has 150 valence electrons. The first-order chi connectivity index (χ1) is 13.8. The molecule has 0 spiro atoms. The molecular weight excluding hydrogens is 392 g/mol. The van der Waals surface area contributed by atoms with Crippen molar-refractivity contribution in [1.82, 2.24) is 10.9 Å². The number of hydrogen-bond donors (Lipinski definition) is 2. The van der Waals surface area contributed by atoms with Crippen LogP contribution in [0.1, 0.15) is 22.5 Å². The minimum atomic E-state index is -3.33. The number of benzene rings is 2. The predicted molar refractivity (Wildman–Crippen MR) is 108 cm³/mol. The van der Waals surface area contributed by atoms with Gasteiger partial charge < -0.3 is 4.42 Å². The highest BCUT2D eigenvalue weighted by Gasteiger charge is 2.11. The van der Waals surface area contributed by atoms with E-state index in [1.165, 1.54) is 24.3 Å². The Hall–Kier alpha value is -3.39. The van der Waals surface area contributed by atoms with Crippen LogP contribution in [0.25, 0.3) is 11.3 Å². The van der Waals surface area contributed by atoms with Crippen molar-refractivity contribution in [2.45, 2.75) is 17.7 Å². The first-order valence-electron chi connectivity index (χ1n) is 8.86. The van der Waals surface area contributed by atoms with E-state index in [2.05, 4.69) is 10.9 Å². The molecule has 0 aliphatic carbocycles. The Morgan fingerprint density at radius 1 is 0.897 bits per heavy atom. The van der Waals surface area contributed by atoms with E-state index in [0.717, 1.165) is 17.6 Å². The van der Waals surface area contributed by atoms with E-state index in [1.54, 1.807) is 0 Å². The standard InChI is InChI=1S/C21H20N2O5S/c1-29(26,27)18-11-7-16(8-12-18)21(25)23-22-20(24)14-10-17-9-13-19(28-17)15-5-3-2-4-6-15/h2-9,11-13H,10,14H2,1H3,(H,22,24)(H,23,25). The number of rotatable bonds is 6. The summed E-state index contributed by atoms with van der Waals surface area (Å²) in [7, 11) is -3.33. The molecule has 8 heteroatoms. The molecule has 0 radical (unpaired) electrons. The average molecular weight is 412 g/mol. The third-order valence-electron chi connectivity index (χ3n) is 4.18. The Labute approximate surface area is 168 Å². The molecule has 2 amide bonds. The van der Waals surface area contributed by atoms with Crippen LogP contribution in [0.15, 0.2) is 76.0 Å². The summed E-state index contributed by atoms with van der Waals surface area (Å²) >= 11 is 0. The lowest BCUT2D eigenvalue weighted by molar-refractivity contribution is -0.121. The third kappa shape index (κ3) is 5.55. The molecule has 0 bridgehead atoms. The number of hydrazine groups is 1. The van der Waals surface area contributed by atoms with Crippen molar-refractivity contribution in [1.29, 1.82) is 0 Å². The van der Waals surface area contributed by atoms with Crippen LogP contribution in [0.4, 0.5) is 0 Å². The van der Waals surface area contributed by atoms with E-state index in [-0.39, 0.29) is 22.8 Å². The number of amides is 2. The topological polar surface area (TPSA) is 105 Å². The molecule has 2 N–H and O–H groups in total. The summed E-state index contributed by atoms with van der Waals surface area (Å²) in [5.74, 6) is 0.486. The molecular formula is C21H20N2O5S. The summed E-state index contributed by atoms with van der Waals surface area (Å²) < 4.78 is 28.6. The highest BCUT2D eigenvalue weighted by atomic mass is 32.2. The predicted octanol–water partition coefficient (Wildman–Crippen LogP) is 2.74. The molecule has 0 saturated carbocycles. The van der Waals surface area contributed by atoms with Crippen molar-refractivity contribution in [3.63, 3.8) is 0 Å². The maximum atomic E-state index is 12.1. The molecule has 0 saturated heterocycles. The van der Waals surface area contributed by atoms with Crippen molar-refractivity contribution in [3.8, 4) is 11.3 Å². The van der Waals surface area contributed by atoms with Gasteiger partial charge in [0.05, 0.1) is 4.90 Å². The lowest BCUT2D eigenvalue weighted by Crippen LogP contribution is -2.41. The number of aryl methyl sites for hydroxylation is 1. The Bertz CT molecular complexity index is 1100. The van der Waals surface area contributed by atoms with E-state index in [0.29, 0.717) is 12.2 Å². The molecule has 0 unspecified atom stereocenters. The second kappa shape index (κ2) is 8.74. The monoisotopic (exact) mass is 412 g/mol. The zero-order chi connectivity index (χ0) is 20.9. The van der Waals surface area contributed by atoms with Gasteiger partial charge in [0.2, 0.25) is 5.91 Å². The van der Waals surface area contributed by atoms with Crippen LogP contribution in [0.3, 0.4) is 0 Å². The summed E-state index contributed by atoms with van der Waals surface area (Å²) in [6, 6.07) is 18.7. The lowest BCUT2D eigenvalue weighted by Gasteiger charge is -2.07. The zero-order valence-corrected chi connectivity index (χ0v) is 16.5. The number of nitrogens with one attached hydrogen (secondary N) is 2. The maximum Gasteiger partial charge on any atom is 0.269 e. The summed E-state index contributed by atoms with van der Waals surface area (Å²) in [6.07, 6.45) is 1.61. The fraction of sp³-hybridized carbons (Fsp3) is 0.143. The van der Waals surface area contributed by atoms with Gasteiger partial charge in [-0.1, -0.05) is 30.3 Å². The SMILES string of the molecule is CS(=O)(=O)c1ccc(C(=O)NNC(=O)CCc2ccc(-c3ccccc3)o2)cc1. The van der Waals surface area contributed by atoms with E-state index >= 15 is 0 Å². The maximum absolute atomic E-state index is 12.1. The van der Waals surface area contributed by atoms with Crippen LogP contribution in [-0.4, -0.2) is 26.5 Å². The summed E-state index contributed by atoms with van der Waals surface area (Å²) in [6.45, 7) is 0. The molecule has 0 fully saturated rings. The second-order valence-corrected chi connectivity index (χ2v) is 8.45. The van der Waals surface area contributed by atoms with E-state index in [9.17, 15) is 18.0 Å². The second-order valence-electron chi connectivity index (χ2n) is 6.43. The van der Waals surface area contributed by atoms with Gasteiger partial charge in [0.15, 0.2) is 9.84 Å². The van der Waals surface area contributed by atoms with Gasteiger partial charge in [0, 0.05) is 30.2 Å². The highest BCUT2D eigenvalue weighted by Crippen LogP contribution is 2.22. The first-order valence-corrected chi connectivity index (χ1v) is 10.8. The zero-order valence-electron chi connectivity index (χ0n) is 15.7. The molecule has 0 aliphatic rings. The van der Waals surface area contributed by atoms with Gasteiger partial charge in [-0.25, -0.2) is 8.42 Å². The Morgan fingerprint density at radius 2 is 1.59 bits per heavy atom. The number of sulfone groups is 1. The Morgan fingerprint density at radius 3 is 2.24 bits per heavy atom. The van der Waals surface area contributed by atoms with Gasteiger partial charge in [-0.15, -0.1) is 0 Å². The largest absolute Gasteiger partial charge is 0.461 e. The van der Waals surface area contributed by atoms with Gasteiger partial charge in [-0.3, -0.25) is 20.4 Å². The average Bonchev–Trinajstić information content (AvgIpc) is 3.20. The van der Waals surface area contributed by atoms with Crippen LogP contribution in [-0.2, 0) is 21.1 Å². The van der Waals surface area contributed by atoms with E-state index in [4.69, 9.17) is 4.42 Å². The minimum absolute atomic E-state index is 0.117. The smallest absolute Gasteiger partial charge is 0.269 e. The molecule has 0 atom stereocenters. The Kier molecular flexibility index (Phi) is 6.13. The minimum Gasteiger partial charge on any atom is -0.461 e. The van der Waals surface area contributed by atoms with Crippen molar-refractivity contribution < 1.29 is 22.4 Å². The molecule has 0 aliphatic heterocycles. The molecule has 3 aromatic rings. The van der Waals surface area contributed by atoms with Gasteiger partial charge >= 0.3 is 0 Å². The highest BCUT2D eigenvalue weighted by molar-refractivity contribution is 7.90. The fourth-order valence-electron chi connectivity index (χ4n) is 2.62. The van der Waals surface area contributed by atoms with Gasteiger partial charge in [0.25, 0.3) is 5.91 Å². The van der Waals surface area contributed by atoms with Crippen molar-refractivity contribution in [3.05, 3.63) is 78.1 Å². The van der Waals surface area contributed by atoms with Crippen molar-refractivity contribution in [2.24, 2.45) is 0 Å². The summed E-state index contributed by atoms with van der Waals surface area (Å²) in [5.41, 5.74) is 5.83. The number of hydrogen-bond acceptors (Lipinski definition) is 5. The molecule has 1 heterocycles. The van der Waals surface area contributed by atoms with E-state index < -0.39 is 15.7 Å². The van der Waals surface area contributed by atoms with Gasteiger partial charge in [-0.2, -0.15) is 0 Å². The number of carbonyl (C=O) groups is 2. The third-order valence-corrected chi connectivity index (χ3v) is 5.31. The quantitative estimate of drug-likeness (QED) is 0.606. The fourth-order valence-corrected chi connectivity index (χ4v) is 3.25. The number of furan rings is 1. The molecule has 29 heavy (non-hydrogen) atoms. The van der Waals surface area contributed by atoms with Crippen LogP contribution in [0.5, 0.6) is 0 Å². The van der Waals surface area contributed by atoms with Crippen LogP contribution < -0.4 is 10.9 Å². The van der Waals surface area contributed by atoms with Crippen LogP contribution in [0.2, 0.25) is 0 Å². The molecule has 1 aromatic heterocycles. The summed E-state index contributed by atoms with van der Waals surface area (Å²) in [4.78, 5) is 24.1. The lowest BCUT2D eigenvalue weighted by atomic mass is 10.2. The van der Waals surface area contributed by atoms with Crippen LogP contribution in [0, 0.1) is 0 Å². The normalized spacial score (nSPS) is 11.1. The number of carbonyl (C=O) groups excluding carboxylic acids is 2. The molecule has 7 nitrogen and oxygen atoms in total. The van der Waals surface area contributed by atoms with Gasteiger partial charge in [-0.05, 0) is 36.4 Å². The van der Waals surface area contributed by atoms with Crippen LogP contribution >= 0.6 is 0 Å². The first kappa shape index (κ1) is 20.3. The van der Waals surface area contributed by atoms with Crippen molar-refractivity contribution >= 4 is 21.7 Å². The molecule has 2 aromatic carbocycles. The molecule has 3 rings (SSSR count). The Balaban J connectivity index is 1.48. The van der Waals surface area contributed by atoms with E-state index in [1.807, 2.05) is 42.5 Å². The van der Waals surface area contributed by atoms with Gasteiger partial charge in [0.1, 0.15) is 11.5 Å².